The smallest absolute Gasteiger partial charge is 0.241 e. The van der Waals surface area contributed by atoms with Crippen LogP contribution in [-0.2, 0) is 16.0 Å². The second-order valence-corrected chi connectivity index (χ2v) is 7.17. The van der Waals surface area contributed by atoms with Crippen LogP contribution in [0, 0.1) is 5.92 Å². The Morgan fingerprint density at radius 1 is 1.15 bits per heavy atom. The lowest BCUT2D eigenvalue weighted by Gasteiger charge is -2.33. The zero-order valence-electron chi connectivity index (χ0n) is 15.3. The van der Waals surface area contributed by atoms with Crippen molar-refractivity contribution in [3.8, 4) is 0 Å². The molecule has 26 heavy (non-hydrogen) atoms. The number of hydrogen-bond donors (Lipinski definition) is 2. The quantitative estimate of drug-likeness (QED) is 0.864. The molecule has 1 atom stereocenters. The number of amides is 2. The summed E-state index contributed by atoms with van der Waals surface area (Å²) < 4.78 is 0. The molecule has 0 bridgehead atoms. The maximum Gasteiger partial charge on any atom is 0.241 e. The molecule has 0 saturated carbocycles. The maximum atomic E-state index is 12.3. The number of nitrogens with one attached hydrogen (secondary N) is 1. The molecule has 1 aliphatic heterocycles. The first-order chi connectivity index (χ1) is 12.5. The molecule has 5 heteroatoms. The van der Waals surface area contributed by atoms with Crippen molar-refractivity contribution >= 4 is 22.6 Å². The summed E-state index contributed by atoms with van der Waals surface area (Å²) in [5.41, 5.74) is 6.92. The van der Waals surface area contributed by atoms with E-state index < -0.39 is 0 Å². The second-order valence-electron chi connectivity index (χ2n) is 7.17. The number of carbonyl (C=O) groups excluding carboxylic acids is 2. The van der Waals surface area contributed by atoms with Crippen LogP contribution in [0.3, 0.4) is 0 Å². The fourth-order valence-electron chi connectivity index (χ4n) is 3.64. The van der Waals surface area contributed by atoms with Gasteiger partial charge < -0.3 is 16.0 Å². The predicted octanol–water partition coefficient (Wildman–Crippen LogP) is 2.08. The first kappa shape index (κ1) is 18.4. The van der Waals surface area contributed by atoms with Crippen LogP contribution >= 0.6 is 0 Å². The highest BCUT2D eigenvalue weighted by Gasteiger charge is 2.24. The van der Waals surface area contributed by atoms with Gasteiger partial charge in [-0.15, -0.1) is 0 Å². The summed E-state index contributed by atoms with van der Waals surface area (Å²) >= 11 is 0. The Bertz CT molecular complexity index is 774. The SMILES string of the molecule is CC(N)C1CCN(C(=O)CNC(=O)Cc2cccc3ccccc23)CC1. The summed E-state index contributed by atoms with van der Waals surface area (Å²) in [7, 11) is 0. The van der Waals surface area contributed by atoms with Crippen molar-refractivity contribution in [3.05, 3.63) is 48.0 Å². The van der Waals surface area contributed by atoms with Crippen molar-refractivity contribution in [3.63, 3.8) is 0 Å². The van der Waals surface area contributed by atoms with Gasteiger partial charge in [0, 0.05) is 19.1 Å². The van der Waals surface area contributed by atoms with Crippen LogP contribution in [0.2, 0.25) is 0 Å². The van der Waals surface area contributed by atoms with Gasteiger partial charge in [0.1, 0.15) is 0 Å². The molecule has 1 heterocycles. The highest BCUT2D eigenvalue weighted by Crippen LogP contribution is 2.20. The minimum atomic E-state index is -0.125. The van der Waals surface area contributed by atoms with E-state index in [1.807, 2.05) is 54.3 Å². The Balaban J connectivity index is 1.50. The molecule has 1 saturated heterocycles. The van der Waals surface area contributed by atoms with Gasteiger partial charge in [0.25, 0.3) is 0 Å². The van der Waals surface area contributed by atoms with Crippen LogP contribution in [0.5, 0.6) is 0 Å². The molecule has 1 fully saturated rings. The van der Waals surface area contributed by atoms with E-state index >= 15 is 0 Å². The summed E-state index contributed by atoms with van der Waals surface area (Å²) in [6.07, 6.45) is 2.15. The van der Waals surface area contributed by atoms with E-state index in [0.29, 0.717) is 5.92 Å². The lowest BCUT2D eigenvalue weighted by atomic mass is 9.91. The first-order valence-electron chi connectivity index (χ1n) is 9.31. The fourth-order valence-corrected chi connectivity index (χ4v) is 3.64. The Morgan fingerprint density at radius 3 is 2.58 bits per heavy atom. The molecule has 138 valence electrons. The molecule has 3 N–H and O–H groups in total. The fraction of sp³-hybridized carbons (Fsp3) is 0.429. The van der Waals surface area contributed by atoms with Crippen LogP contribution < -0.4 is 11.1 Å². The number of fused-ring (bicyclic) bond motifs is 1. The third kappa shape index (κ3) is 4.41. The minimum absolute atomic E-state index is 0.0144. The normalized spacial score (nSPS) is 16.5. The minimum Gasteiger partial charge on any atom is -0.347 e. The van der Waals surface area contributed by atoms with Crippen molar-refractivity contribution in [2.24, 2.45) is 11.7 Å². The summed E-state index contributed by atoms with van der Waals surface area (Å²) in [5, 5.41) is 4.97. The van der Waals surface area contributed by atoms with E-state index in [4.69, 9.17) is 5.73 Å². The lowest BCUT2D eigenvalue weighted by Crippen LogP contribution is -2.46. The van der Waals surface area contributed by atoms with Gasteiger partial charge in [-0.3, -0.25) is 9.59 Å². The number of carbonyl (C=O) groups is 2. The number of nitrogens with zero attached hydrogens (tertiary/aromatic N) is 1. The van der Waals surface area contributed by atoms with Gasteiger partial charge in [-0.25, -0.2) is 0 Å². The zero-order chi connectivity index (χ0) is 18.5. The van der Waals surface area contributed by atoms with Crippen LogP contribution in [0.15, 0.2) is 42.5 Å². The molecule has 1 unspecified atom stereocenters. The molecule has 2 aromatic carbocycles. The second kappa shape index (κ2) is 8.32. The molecular weight excluding hydrogens is 326 g/mol. The van der Waals surface area contributed by atoms with E-state index in [1.165, 1.54) is 0 Å². The van der Waals surface area contributed by atoms with Crippen molar-refractivity contribution in [2.75, 3.05) is 19.6 Å². The van der Waals surface area contributed by atoms with Crippen molar-refractivity contribution in [2.45, 2.75) is 32.2 Å². The molecule has 1 aliphatic rings. The van der Waals surface area contributed by atoms with E-state index in [0.717, 1.165) is 42.3 Å². The highest BCUT2D eigenvalue weighted by atomic mass is 16.2. The Hall–Kier alpha value is -2.40. The number of likely N-dealkylation sites (tertiary alicyclic amines) is 1. The first-order valence-corrected chi connectivity index (χ1v) is 9.31. The topological polar surface area (TPSA) is 75.4 Å². The third-order valence-electron chi connectivity index (χ3n) is 5.30. The Morgan fingerprint density at radius 2 is 1.85 bits per heavy atom. The van der Waals surface area contributed by atoms with Crippen LogP contribution in [0.1, 0.15) is 25.3 Å². The summed E-state index contributed by atoms with van der Waals surface area (Å²) in [4.78, 5) is 26.4. The molecule has 3 rings (SSSR count). The van der Waals surface area contributed by atoms with Gasteiger partial charge in [-0.2, -0.15) is 0 Å². The monoisotopic (exact) mass is 353 g/mol. The van der Waals surface area contributed by atoms with Crippen molar-refractivity contribution in [1.82, 2.24) is 10.2 Å². The molecule has 0 spiro atoms. The molecular formula is C21H27N3O2. The average molecular weight is 353 g/mol. The number of piperidine rings is 1. The summed E-state index contributed by atoms with van der Waals surface area (Å²) in [5.74, 6) is 0.347. The lowest BCUT2D eigenvalue weighted by molar-refractivity contribution is -0.134. The average Bonchev–Trinajstić information content (AvgIpc) is 2.66. The highest BCUT2D eigenvalue weighted by molar-refractivity contribution is 5.91. The van der Waals surface area contributed by atoms with E-state index in [-0.39, 0.29) is 30.8 Å². The molecule has 0 radical (unpaired) electrons. The molecule has 2 amide bonds. The number of hydrogen-bond acceptors (Lipinski definition) is 3. The van der Waals surface area contributed by atoms with Crippen LogP contribution in [-0.4, -0.2) is 42.4 Å². The van der Waals surface area contributed by atoms with E-state index in [1.54, 1.807) is 0 Å². The summed E-state index contributed by atoms with van der Waals surface area (Å²) in [6.45, 7) is 3.54. The standard InChI is InChI=1S/C21H27N3O2/c1-15(22)16-9-11-24(12-10-16)21(26)14-23-20(25)13-18-7-4-6-17-5-2-3-8-19(17)18/h2-8,15-16H,9-14,22H2,1H3,(H,23,25). The third-order valence-corrected chi connectivity index (χ3v) is 5.30. The van der Waals surface area contributed by atoms with Crippen molar-refractivity contribution < 1.29 is 9.59 Å². The Kier molecular flexibility index (Phi) is 5.89. The Labute approximate surface area is 154 Å². The van der Waals surface area contributed by atoms with Gasteiger partial charge in [-0.05, 0) is 42.0 Å². The number of nitrogens with two attached hydrogens (primary N) is 1. The van der Waals surface area contributed by atoms with Gasteiger partial charge in [0.2, 0.25) is 11.8 Å². The molecule has 5 nitrogen and oxygen atoms in total. The van der Waals surface area contributed by atoms with E-state index in [9.17, 15) is 9.59 Å². The number of rotatable bonds is 5. The predicted molar refractivity (Wildman–Crippen MR) is 104 cm³/mol. The van der Waals surface area contributed by atoms with Gasteiger partial charge in [0.15, 0.2) is 0 Å². The zero-order valence-corrected chi connectivity index (χ0v) is 15.3. The van der Waals surface area contributed by atoms with E-state index in [2.05, 4.69) is 5.32 Å². The number of benzene rings is 2. The maximum absolute atomic E-state index is 12.3. The van der Waals surface area contributed by atoms with Gasteiger partial charge in [-0.1, -0.05) is 42.5 Å². The molecule has 2 aromatic rings. The molecule has 0 aromatic heterocycles. The summed E-state index contributed by atoms with van der Waals surface area (Å²) in [6, 6.07) is 14.1. The van der Waals surface area contributed by atoms with Gasteiger partial charge in [0.05, 0.1) is 13.0 Å². The van der Waals surface area contributed by atoms with Gasteiger partial charge >= 0.3 is 0 Å². The van der Waals surface area contributed by atoms with Crippen molar-refractivity contribution in [1.29, 1.82) is 0 Å². The molecule has 0 aliphatic carbocycles. The largest absolute Gasteiger partial charge is 0.347 e. The van der Waals surface area contributed by atoms with Crippen LogP contribution in [0.25, 0.3) is 10.8 Å². The van der Waals surface area contributed by atoms with Crippen LogP contribution in [0.4, 0.5) is 0 Å².